The predicted octanol–water partition coefficient (Wildman–Crippen LogP) is -0.310. The molecule has 176 valence electrons. The molecule has 4 rings (SSSR count). The molecule has 0 atom stereocenters. The molecular formula is C23H29LiN8O2-2. The largest absolute Gasteiger partial charge is 1.00 e. The zero-order chi connectivity index (χ0) is 23.3. The fourth-order valence-corrected chi connectivity index (χ4v) is 2.79. The third-order valence-corrected chi connectivity index (χ3v) is 4.59. The Hall–Kier alpha value is -3.32. The van der Waals surface area contributed by atoms with Crippen LogP contribution in [0.3, 0.4) is 0 Å². The van der Waals surface area contributed by atoms with Gasteiger partial charge in [0.25, 0.3) is 5.56 Å². The number of aryl methyl sites for hydroxylation is 1. The number of nitrogens with one attached hydrogen (secondary N) is 2. The van der Waals surface area contributed by atoms with Gasteiger partial charge in [0.2, 0.25) is 5.95 Å². The van der Waals surface area contributed by atoms with Crippen LogP contribution >= 0.6 is 0 Å². The molecule has 0 aliphatic heterocycles. The van der Waals surface area contributed by atoms with Gasteiger partial charge < -0.3 is 35.0 Å². The number of aromatic amines is 1. The number of nitrogens with zero attached hydrogens (tertiary/aromatic N) is 5. The van der Waals surface area contributed by atoms with Crippen molar-refractivity contribution >= 4 is 28.4 Å². The van der Waals surface area contributed by atoms with E-state index in [1.165, 1.54) is 4.57 Å². The number of methoxy groups -OCH3 is 1. The summed E-state index contributed by atoms with van der Waals surface area (Å²) in [4.78, 5) is 23.5. The van der Waals surface area contributed by atoms with E-state index < -0.39 is 0 Å². The molecule has 0 aliphatic rings. The molecule has 0 fully saturated rings. The van der Waals surface area contributed by atoms with Crippen molar-refractivity contribution in [1.29, 1.82) is 0 Å². The molecule has 10 nitrogen and oxygen atoms in total. The van der Waals surface area contributed by atoms with Gasteiger partial charge in [-0.25, -0.2) is 4.98 Å². The van der Waals surface area contributed by atoms with Crippen molar-refractivity contribution in [3.8, 4) is 17.0 Å². The minimum absolute atomic E-state index is 0. The molecule has 0 saturated carbocycles. The molecule has 3 aromatic heterocycles. The molecule has 0 amide bonds. The molecule has 34 heavy (non-hydrogen) atoms. The number of hydrogen-bond acceptors (Lipinski definition) is 8. The third-order valence-electron chi connectivity index (χ3n) is 4.59. The van der Waals surface area contributed by atoms with E-state index in [1.807, 2.05) is 19.0 Å². The molecule has 0 unspecified atom stereocenters. The number of ether oxygens (including phenoxy) is 1. The minimum atomic E-state index is -0.187. The first-order chi connectivity index (χ1) is 15.3. The Kier molecular flexibility index (Phi) is 10.8. The maximum Gasteiger partial charge on any atom is 1.00 e. The maximum atomic E-state index is 12.7. The maximum absolute atomic E-state index is 12.7. The Morgan fingerprint density at radius 1 is 1.35 bits per heavy atom. The summed E-state index contributed by atoms with van der Waals surface area (Å²) in [5, 5.41) is 10.5. The summed E-state index contributed by atoms with van der Waals surface area (Å²) < 4.78 is 6.77. The van der Waals surface area contributed by atoms with Gasteiger partial charge in [-0.1, -0.05) is 5.69 Å². The van der Waals surface area contributed by atoms with Crippen molar-refractivity contribution in [3.63, 3.8) is 0 Å². The second kappa shape index (κ2) is 12.8. The van der Waals surface area contributed by atoms with Gasteiger partial charge in [-0.2, -0.15) is 16.1 Å². The average molecular weight is 456 g/mol. The van der Waals surface area contributed by atoms with Crippen LogP contribution in [-0.2, 0) is 7.05 Å². The van der Waals surface area contributed by atoms with Gasteiger partial charge in [0.05, 0.1) is 18.4 Å². The number of benzene rings is 1. The number of nitrogens with two attached hydrogens (primary N) is 1. The number of nitrogen functional groups attached to an aromatic ring is 1. The van der Waals surface area contributed by atoms with E-state index in [-0.39, 0.29) is 31.8 Å². The molecule has 0 aliphatic carbocycles. The predicted molar refractivity (Wildman–Crippen MR) is 132 cm³/mol. The van der Waals surface area contributed by atoms with Gasteiger partial charge in [-0.05, 0) is 31.9 Å². The second-order valence-corrected chi connectivity index (χ2v) is 7.16. The monoisotopic (exact) mass is 456 g/mol. The first-order valence-electron chi connectivity index (χ1n) is 9.76. The molecule has 0 saturated heterocycles. The SMILES string of the molecule is COc1c[c-]c(N)cc1Nc1ncc2cc(-c3ccn[nH]3)c(=O)n(C)c2n1.[CH2-]CN(C)C.[CH3-].[Li+]. The third kappa shape index (κ3) is 6.60. The van der Waals surface area contributed by atoms with E-state index in [4.69, 9.17) is 10.5 Å². The van der Waals surface area contributed by atoms with Gasteiger partial charge in [0, 0.05) is 30.6 Å². The number of pyridine rings is 1. The summed E-state index contributed by atoms with van der Waals surface area (Å²) in [6.45, 7) is 4.50. The van der Waals surface area contributed by atoms with Crippen LogP contribution < -0.4 is 40.2 Å². The van der Waals surface area contributed by atoms with E-state index in [0.29, 0.717) is 40.0 Å². The molecule has 0 radical (unpaired) electrons. The molecule has 1 aromatic carbocycles. The van der Waals surface area contributed by atoms with Gasteiger partial charge >= 0.3 is 18.9 Å². The van der Waals surface area contributed by atoms with Gasteiger partial charge in [0.1, 0.15) is 5.65 Å². The van der Waals surface area contributed by atoms with Gasteiger partial charge in [-0.15, -0.1) is 18.7 Å². The topological polar surface area (TPSA) is 127 Å². The van der Waals surface area contributed by atoms with E-state index in [1.54, 1.807) is 50.8 Å². The minimum Gasteiger partial charge on any atom is -0.552 e. The molecule has 4 N–H and O–H groups in total. The van der Waals surface area contributed by atoms with Crippen LogP contribution in [-0.4, -0.2) is 57.4 Å². The summed E-state index contributed by atoms with van der Waals surface area (Å²) in [5.74, 6) is 0.868. The van der Waals surface area contributed by atoms with Crippen LogP contribution in [0, 0.1) is 20.4 Å². The summed E-state index contributed by atoms with van der Waals surface area (Å²) >= 11 is 0. The van der Waals surface area contributed by atoms with Crippen LogP contribution in [0.4, 0.5) is 17.3 Å². The second-order valence-electron chi connectivity index (χ2n) is 7.16. The van der Waals surface area contributed by atoms with Crippen molar-refractivity contribution in [1.82, 2.24) is 29.6 Å². The van der Waals surface area contributed by atoms with Crippen molar-refractivity contribution in [2.75, 3.05) is 38.8 Å². The van der Waals surface area contributed by atoms with Crippen molar-refractivity contribution in [2.45, 2.75) is 0 Å². The fourth-order valence-electron chi connectivity index (χ4n) is 2.79. The van der Waals surface area contributed by atoms with Crippen molar-refractivity contribution in [2.24, 2.45) is 7.05 Å². The van der Waals surface area contributed by atoms with E-state index in [0.717, 1.165) is 11.9 Å². The van der Waals surface area contributed by atoms with E-state index >= 15 is 0 Å². The van der Waals surface area contributed by atoms with Gasteiger partial charge in [0.15, 0.2) is 0 Å². The van der Waals surface area contributed by atoms with Crippen molar-refractivity contribution in [3.05, 3.63) is 67.4 Å². The zero-order valence-corrected chi connectivity index (χ0v) is 20.5. The van der Waals surface area contributed by atoms with Crippen LogP contribution in [0.5, 0.6) is 5.75 Å². The fraction of sp³-hybridized carbons (Fsp3) is 0.217. The molecule has 4 aromatic rings. The summed E-state index contributed by atoms with van der Waals surface area (Å²) in [6.07, 6.45) is 3.24. The number of H-pyrrole nitrogens is 1. The van der Waals surface area contributed by atoms with E-state index in [2.05, 4.69) is 38.5 Å². The molecule has 11 heteroatoms. The quantitative estimate of drug-likeness (QED) is 0.212. The Bertz CT molecular complexity index is 1260. The van der Waals surface area contributed by atoms with E-state index in [9.17, 15) is 4.79 Å². The van der Waals surface area contributed by atoms with Crippen LogP contribution in [0.1, 0.15) is 0 Å². The Morgan fingerprint density at radius 2 is 2.06 bits per heavy atom. The number of fused-ring (bicyclic) bond motifs is 1. The molecule has 0 spiro atoms. The first kappa shape index (κ1) is 28.7. The Morgan fingerprint density at radius 3 is 2.65 bits per heavy atom. The molecule has 0 bridgehead atoms. The smallest absolute Gasteiger partial charge is 0.552 e. The Balaban J connectivity index is 0.000000752. The zero-order valence-electron chi connectivity index (χ0n) is 20.5. The number of rotatable bonds is 5. The van der Waals surface area contributed by atoms with Crippen LogP contribution in [0.15, 0.2) is 41.5 Å². The summed E-state index contributed by atoms with van der Waals surface area (Å²) in [6, 6.07) is 9.64. The number of anilines is 3. The summed E-state index contributed by atoms with van der Waals surface area (Å²) in [7, 11) is 7.20. The Labute approximate surface area is 211 Å². The number of aromatic nitrogens is 5. The normalized spacial score (nSPS) is 10.1. The molecular weight excluding hydrogens is 427 g/mol. The van der Waals surface area contributed by atoms with Crippen molar-refractivity contribution < 1.29 is 23.6 Å². The summed E-state index contributed by atoms with van der Waals surface area (Å²) in [5.41, 5.74) is 8.29. The van der Waals surface area contributed by atoms with Gasteiger partial charge in [-0.3, -0.25) is 14.5 Å². The first-order valence-corrected chi connectivity index (χ1v) is 9.76. The van der Waals surface area contributed by atoms with Crippen LogP contribution in [0.2, 0.25) is 0 Å². The average Bonchev–Trinajstić information content (AvgIpc) is 3.32. The molecule has 3 heterocycles. The number of hydrogen-bond donors (Lipinski definition) is 3. The van der Waals surface area contributed by atoms with Crippen LogP contribution in [0.25, 0.3) is 22.3 Å². The standard InChI is InChI=1S/C18H16N7O2.C4H10N.CH3.Li/c1-25-16-10(7-12(17(25)26)13-5-6-21-24-13)9-20-18(23-16)22-14-8-11(19)3-4-15(14)27-2;1-4-5(2)3;;/h4-9H,19H2,1-2H3,(H,21,24)(H,20,22,23);1,4H2,2-3H3;1H3;/q3*-1;+1.